The fourth-order valence-electron chi connectivity index (χ4n) is 3.18. The molecule has 1 aliphatic rings. The average Bonchev–Trinajstić information content (AvgIpc) is 2.75. The van der Waals surface area contributed by atoms with Crippen LogP contribution in [0, 0.1) is 5.92 Å². The molecule has 0 spiro atoms. The summed E-state index contributed by atoms with van der Waals surface area (Å²) in [6, 6.07) is -0.489. The maximum absolute atomic E-state index is 12.9. The normalized spacial score (nSPS) is 26.2. The van der Waals surface area contributed by atoms with Crippen LogP contribution in [0.4, 0.5) is 0 Å². The van der Waals surface area contributed by atoms with Crippen LogP contribution >= 0.6 is 11.8 Å². The van der Waals surface area contributed by atoms with Gasteiger partial charge in [0.15, 0.2) is 0 Å². The first-order chi connectivity index (χ1) is 10.2. The predicted molar refractivity (Wildman–Crippen MR) is 92.7 cm³/mol. The van der Waals surface area contributed by atoms with E-state index >= 15 is 0 Å². The third-order valence-electron chi connectivity index (χ3n) is 4.80. The van der Waals surface area contributed by atoms with Crippen LogP contribution in [-0.2, 0) is 9.59 Å². The van der Waals surface area contributed by atoms with E-state index in [9.17, 15) is 9.59 Å². The van der Waals surface area contributed by atoms with Crippen molar-refractivity contribution < 1.29 is 9.59 Å². The molecular formula is C16H31N3O2S. The van der Waals surface area contributed by atoms with Gasteiger partial charge in [-0.1, -0.05) is 6.92 Å². The van der Waals surface area contributed by atoms with Gasteiger partial charge in [-0.05, 0) is 46.8 Å². The van der Waals surface area contributed by atoms with E-state index in [1.807, 2.05) is 20.8 Å². The van der Waals surface area contributed by atoms with Crippen molar-refractivity contribution in [3.05, 3.63) is 0 Å². The third-order valence-corrected chi connectivity index (χ3v) is 6.31. The Morgan fingerprint density at radius 3 is 2.55 bits per heavy atom. The van der Waals surface area contributed by atoms with Gasteiger partial charge in [0.2, 0.25) is 11.8 Å². The van der Waals surface area contributed by atoms with Gasteiger partial charge in [0.1, 0.15) is 6.04 Å². The number of nitrogens with one attached hydrogen (secondary N) is 1. The lowest BCUT2D eigenvalue weighted by atomic mass is 9.88. The van der Waals surface area contributed by atoms with Crippen molar-refractivity contribution in [3.8, 4) is 0 Å². The van der Waals surface area contributed by atoms with Crippen LogP contribution < -0.4 is 11.1 Å². The van der Waals surface area contributed by atoms with Crippen LogP contribution in [0.5, 0.6) is 0 Å². The summed E-state index contributed by atoms with van der Waals surface area (Å²) in [4.78, 5) is 27.0. The number of nitrogens with zero attached hydrogens (tertiary/aromatic N) is 1. The molecule has 0 aromatic rings. The molecule has 1 rings (SSSR count). The lowest BCUT2D eigenvalue weighted by molar-refractivity contribution is -0.141. The highest BCUT2D eigenvalue weighted by Gasteiger charge is 2.49. The Labute approximate surface area is 138 Å². The lowest BCUT2D eigenvalue weighted by Crippen LogP contribution is -2.55. The molecular weight excluding hydrogens is 298 g/mol. The molecule has 22 heavy (non-hydrogen) atoms. The average molecular weight is 330 g/mol. The molecule has 1 aliphatic heterocycles. The number of hydrogen-bond acceptors (Lipinski definition) is 4. The molecule has 1 heterocycles. The van der Waals surface area contributed by atoms with E-state index in [1.54, 1.807) is 16.7 Å². The first kappa shape index (κ1) is 19.3. The first-order valence-electron chi connectivity index (χ1n) is 8.09. The minimum Gasteiger partial charge on any atom is -0.352 e. The number of hydrogen-bond donors (Lipinski definition) is 2. The Morgan fingerprint density at radius 1 is 1.55 bits per heavy atom. The predicted octanol–water partition coefficient (Wildman–Crippen LogP) is 1.61. The second-order valence-electron chi connectivity index (χ2n) is 6.67. The molecule has 3 N–H and O–H groups in total. The summed E-state index contributed by atoms with van der Waals surface area (Å²) in [5, 5.41) is 2.88. The summed E-state index contributed by atoms with van der Waals surface area (Å²) in [5.41, 5.74) is 5.81. The lowest BCUT2D eigenvalue weighted by Gasteiger charge is -2.33. The highest BCUT2D eigenvalue weighted by Crippen LogP contribution is 2.42. The Kier molecular flexibility index (Phi) is 6.74. The van der Waals surface area contributed by atoms with E-state index in [1.165, 1.54) is 0 Å². The maximum atomic E-state index is 12.9. The minimum absolute atomic E-state index is 0.0393. The molecule has 128 valence electrons. The van der Waals surface area contributed by atoms with E-state index < -0.39 is 6.04 Å². The van der Waals surface area contributed by atoms with E-state index in [2.05, 4.69) is 25.4 Å². The largest absolute Gasteiger partial charge is 0.352 e. The van der Waals surface area contributed by atoms with Crippen molar-refractivity contribution >= 4 is 23.6 Å². The van der Waals surface area contributed by atoms with Gasteiger partial charge in [0, 0.05) is 23.4 Å². The molecule has 0 radical (unpaired) electrons. The summed E-state index contributed by atoms with van der Waals surface area (Å²) < 4.78 is -0.0895. The van der Waals surface area contributed by atoms with Gasteiger partial charge in [0.05, 0.1) is 5.92 Å². The molecule has 0 aromatic heterocycles. The topological polar surface area (TPSA) is 75.4 Å². The van der Waals surface area contributed by atoms with Crippen molar-refractivity contribution in [2.75, 3.05) is 12.8 Å². The molecule has 0 bridgehead atoms. The molecule has 0 saturated carbocycles. The zero-order valence-corrected chi connectivity index (χ0v) is 15.5. The number of rotatable bonds is 7. The van der Waals surface area contributed by atoms with Gasteiger partial charge in [-0.3, -0.25) is 9.59 Å². The number of carbonyl (C=O) groups is 2. The van der Waals surface area contributed by atoms with Crippen LogP contribution in [-0.4, -0.2) is 52.4 Å². The second kappa shape index (κ2) is 7.68. The number of thioether (sulfide) groups is 1. The summed E-state index contributed by atoms with van der Waals surface area (Å²) in [7, 11) is 0. The van der Waals surface area contributed by atoms with Crippen LogP contribution in [0.2, 0.25) is 0 Å². The number of carbonyl (C=O) groups excluding carboxylic acids is 2. The Hall–Kier alpha value is -0.750. The SMILES string of the molecule is CCC(C)(SC)C1CC(C)N(C(CN)C(=O)NC(C)C)C1=O. The van der Waals surface area contributed by atoms with Crippen molar-refractivity contribution in [3.63, 3.8) is 0 Å². The second-order valence-corrected chi connectivity index (χ2v) is 8.01. The molecule has 1 saturated heterocycles. The Bertz CT molecular complexity index is 410. The standard InChI is InChI=1S/C16H31N3O2S/c1-7-16(5,22-6)12-8-11(4)19(15(12)21)13(9-17)14(20)18-10(2)3/h10-13H,7-9,17H2,1-6H3,(H,18,20). The number of likely N-dealkylation sites (tertiary alicyclic amines) is 1. The van der Waals surface area contributed by atoms with Crippen LogP contribution in [0.25, 0.3) is 0 Å². The minimum atomic E-state index is -0.571. The van der Waals surface area contributed by atoms with E-state index in [4.69, 9.17) is 5.73 Å². The van der Waals surface area contributed by atoms with E-state index in [0.29, 0.717) is 0 Å². The van der Waals surface area contributed by atoms with Gasteiger partial charge >= 0.3 is 0 Å². The summed E-state index contributed by atoms with van der Waals surface area (Å²) in [6.45, 7) is 10.2. The third kappa shape index (κ3) is 3.77. The fraction of sp³-hybridized carbons (Fsp3) is 0.875. The van der Waals surface area contributed by atoms with Gasteiger partial charge in [-0.15, -0.1) is 0 Å². The molecule has 0 aromatic carbocycles. The molecule has 2 amide bonds. The van der Waals surface area contributed by atoms with Crippen molar-refractivity contribution in [1.82, 2.24) is 10.2 Å². The highest BCUT2D eigenvalue weighted by molar-refractivity contribution is 8.00. The Balaban J connectivity index is 3.00. The number of amides is 2. The fourth-order valence-corrected chi connectivity index (χ4v) is 3.95. The summed E-state index contributed by atoms with van der Waals surface area (Å²) in [6.07, 6.45) is 3.77. The Morgan fingerprint density at radius 2 is 2.14 bits per heavy atom. The first-order valence-corrected chi connectivity index (χ1v) is 9.32. The van der Waals surface area contributed by atoms with Gasteiger partial charge in [-0.2, -0.15) is 11.8 Å². The molecule has 5 nitrogen and oxygen atoms in total. The molecule has 6 heteroatoms. The van der Waals surface area contributed by atoms with E-state index in [0.717, 1.165) is 12.8 Å². The molecule has 1 fully saturated rings. The van der Waals surface area contributed by atoms with Crippen LogP contribution in [0.15, 0.2) is 0 Å². The zero-order valence-electron chi connectivity index (χ0n) is 14.7. The zero-order chi connectivity index (χ0) is 17.1. The van der Waals surface area contributed by atoms with Crippen molar-refractivity contribution in [1.29, 1.82) is 0 Å². The van der Waals surface area contributed by atoms with Crippen molar-refractivity contribution in [2.24, 2.45) is 11.7 Å². The summed E-state index contributed by atoms with van der Waals surface area (Å²) in [5.74, 6) is -0.135. The van der Waals surface area contributed by atoms with Gasteiger partial charge < -0.3 is 16.0 Å². The molecule has 4 atom stereocenters. The summed E-state index contributed by atoms with van der Waals surface area (Å²) >= 11 is 1.74. The van der Waals surface area contributed by atoms with Crippen LogP contribution in [0.3, 0.4) is 0 Å². The quantitative estimate of drug-likeness (QED) is 0.744. The molecule has 4 unspecified atom stereocenters. The van der Waals surface area contributed by atoms with Crippen LogP contribution in [0.1, 0.15) is 47.5 Å². The highest BCUT2D eigenvalue weighted by atomic mass is 32.2. The van der Waals surface area contributed by atoms with Gasteiger partial charge in [0.25, 0.3) is 0 Å². The van der Waals surface area contributed by atoms with Gasteiger partial charge in [-0.25, -0.2) is 0 Å². The number of nitrogens with two attached hydrogens (primary N) is 1. The van der Waals surface area contributed by atoms with E-state index in [-0.39, 0.29) is 41.1 Å². The smallest absolute Gasteiger partial charge is 0.244 e. The van der Waals surface area contributed by atoms with Crippen molar-refractivity contribution in [2.45, 2.75) is 70.3 Å². The monoisotopic (exact) mass is 329 g/mol. The molecule has 0 aliphatic carbocycles. The maximum Gasteiger partial charge on any atom is 0.244 e.